The fourth-order valence-corrected chi connectivity index (χ4v) is 1.38. The van der Waals surface area contributed by atoms with Crippen molar-refractivity contribution in [3.05, 3.63) is 0 Å². The number of hydrogen-bond acceptors (Lipinski definition) is 3. The summed E-state index contributed by atoms with van der Waals surface area (Å²) in [6.45, 7) is 1.70. The maximum Gasteiger partial charge on any atom is 0.179 e. The molecule has 0 aromatic rings. The summed E-state index contributed by atoms with van der Waals surface area (Å²) in [7, 11) is 0. The molecule has 2 unspecified atom stereocenters. The van der Waals surface area contributed by atoms with Crippen LogP contribution in [0.1, 0.15) is 0 Å². The van der Waals surface area contributed by atoms with E-state index in [0.717, 1.165) is 13.1 Å². The van der Waals surface area contributed by atoms with Gasteiger partial charge in [0, 0.05) is 13.1 Å². The van der Waals surface area contributed by atoms with Crippen LogP contribution in [-0.4, -0.2) is 31.1 Å². The molecular formula is C6H8N2O. The molecule has 2 heterocycles. The van der Waals surface area contributed by atoms with Gasteiger partial charge in [0.15, 0.2) is 5.78 Å². The topological polar surface area (TPSA) is 41.5 Å². The zero-order valence-corrected chi connectivity index (χ0v) is 5.00. The molecule has 2 aliphatic heterocycles. The number of nitrogens with zero attached hydrogens (tertiary/aromatic N) is 1. The minimum atomic E-state index is 0.171. The first kappa shape index (κ1) is 5.11. The summed E-state index contributed by atoms with van der Waals surface area (Å²) in [4.78, 5) is 14.9. The Kier molecular flexibility index (Phi) is 0.931. The van der Waals surface area contributed by atoms with Crippen LogP contribution >= 0.6 is 0 Å². The van der Waals surface area contributed by atoms with Crippen LogP contribution in [0.4, 0.5) is 0 Å². The third kappa shape index (κ3) is 0.612. The van der Waals surface area contributed by atoms with Gasteiger partial charge in [0.2, 0.25) is 0 Å². The summed E-state index contributed by atoms with van der Waals surface area (Å²) in [5.74, 6) is 0.370. The molecule has 0 saturated carbocycles. The number of hydrogen-bond donors (Lipinski definition) is 1. The molecular weight excluding hydrogens is 116 g/mol. The molecule has 0 amide bonds. The lowest BCUT2D eigenvalue weighted by molar-refractivity contribution is -0.115. The lowest BCUT2D eigenvalue weighted by Gasteiger charge is -1.99. The number of aliphatic imine (C=N–C) groups is 1. The van der Waals surface area contributed by atoms with E-state index in [9.17, 15) is 4.79 Å². The zero-order chi connectivity index (χ0) is 6.27. The van der Waals surface area contributed by atoms with Gasteiger partial charge >= 0.3 is 0 Å². The Morgan fingerprint density at radius 2 is 2.56 bits per heavy atom. The molecule has 0 radical (unpaired) electrons. The largest absolute Gasteiger partial charge is 0.314 e. The highest BCUT2D eigenvalue weighted by atomic mass is 16.1. The molecule has 0 aromatic carbocycles. The first-order valence-electron chi connectivity index (χ1n) is 3.15. The fraction of sp³-hybridized carbons (Fsp3) is 0.667. The maximum atomic E-state index is 10.9. The van der Waals surface area contributed by atoms with Gasteiger partial charge in [-0.15, -0.1) is 0 Å². The molecule has 0 bridgehead atoms. The van der Waals surface area contributed by atoms with Crippen LogP contribution in [0, 0.1) is 5.92 Å². The van der Waals surface area contributed by atoms with Gasteiger partial charge in [-0.3, -0.25) is 9.79 Å². The molecule has 2 atom stereocenters. The Balaban J connectivity index is 2.24. The monoisotopic (exact) mass is 124 g/mol. The zero-order valence-electron chi connectivity index (χ0n) is 5.00. The van der Waals surface area contributed by atoms with E-state index in [2.05, 4.69) is 10.3 Å². The van der Waals surface area contributed by atoms with Crippen molar-refractivity contribution in [1.82, 2.24) is 5.32 Å². The van der Waals surface area contributed by atoms with E-state index in [1.165, 1.54) is 6.21 Å². The molecule has 0 spiro atoms. The van der Waals surface area contributed by atoms with Crippen molar-refractivity contribution in [2.45, 2.75) is 6.04 Å². The fourth-order valence-electron chi connectivity index (χ4n) is 1.38. The predicted molar refractivity (Wildman–Crippen MR) is 33.6 cm³/mol. The van der Waals surface area contributed by atoms with Crippen LogP contribution in [-0.2, 0) is 4.79 Å². The molecule has 3 nitrogen and oxygen atoms in total. The number of carbonyl (C=O) groups is 1. The first-order chi connectivity index (χ1) is 4.38. The molecule has 0 aromatic heterocycles. The van der Waals surface area contributed by atoms with Crippen LogP contribution < -0.4 is 5.32 Å². The molecule has 1 fully saturated rings. The number of Topliss-reactive ketones (excluding diaryl/α,β-unsaturated/α-hetero) is 1. The van der Waals surface area contributed by atoms with E-state index in [1.54, 1.807) is 0 Å². The summed E-state index contributed by atoms with van der Waals surface area (Å²) >= 11 is 0. The van der Waals surface area contributed by atoms with Crippen LogP contribution in [0.2, 0.25) is 0 Å². The van der Waals surface area contributed by atoms with Crippen molar-refractivity contribution >= 4 is 12.0 Å². The van der Waals surface area contributed by atoms with Crippen molar-refractivity contribution in [3.8, 4) is 0 Å². The lowest BCUT2D eigenvalue weighted by Crippen LogP contribution is -2.18. The number of fused-ring (bicyclic) bond motifs is 1. The van der Waals surface area contributed by atoms with Crippen molar-refractivity contribution in [2.24, 2.45) is 10.9 Å². The SMILES string of the molecule is O=C1C=NC2CNCC12. The molecule has 2 rings (SSSR count). The Morgan fingerprint density at radius 1 is 1.67 bits per heavy atom. The van der Waals surface area contributed by atoms with Crippen molar-refractivity contribution in [3.63, 3.8) is 0 Å². The smallest absolute Gasteiger partial charge is 0.179 e. The van der Waals surface area contributed by atoms with Gasteiger partial charge in [0.25, 0.3) is 0 Å². The average Bonchev–Trinajstić information content (AvgIpc) is 2.35. The Labute approximate surface area is 53.2 Å². The standard InChI is InChI=1S/C6H8N2O/c9-6-3-8-5-2-7-1-4(5)6/h3-5,7H,1-2H2. The van der Waals surface area contributed by atoms with Crippen molar-refractivity contribution in [1.29, 1.82) is 0 Å². The third-order valence-electron chi connectivity index (χ3n) is 1.94. The number of rotatable bonds is 0. The van der Waals surface area contributed by atoms with Crippen LogP contribution in [0.5, 0.6) is 0 Å². The highest BCUT2D eigenvalue weighted by Gasteiger charge is 2.35. The van der Waals surface area contributed by atoms with Crippen LogP contribution in [0.15, 0.2) is 4.99 Å². The molecule has 48 valence electrons. The maximum absolute atomic E-state index is 10.9. The van der Waals surface area contributed by atoms with Crippen molar-refractivity contribution < 1.29 is 4.79 Å². The van der Waals surface area contributed by atoms with Crippen LogP contribution in [0.25, 0.3) is 0 Å². The normalized spacial score (nSPS) is 39.8. The van der Waals surface area contributed by atoms with E-state index >= 15 is 0 Å². The first-order valence-corrected chi connectivity index (χ1v) is 3.15. The summed E-state index contributed by atoms with van der Waals surface area (Å²) in [5, 5.41) is 3.12. The third-order valence-corrected chi connectivity index (χ3v) is 1.94. The Bertz CT molecular complexity index is 176. The second-order valence-corrected chi connectivity index (χ2v) is 2.51. The molecule has 9 heavy (non-hydrogen) atoms. The van der Waals surface area contributed by atoms with E-state index in [1.807, 2.05) is 0 Å². The minimum Gasteiger partial charge on any atom is -0.314 e. The lowest BCUT2D eigenvalue weighted by atomic mass is 10.0. The number of nitrogens with one attached hydrogen (secondary N) is 1. The van der Waals surface area contributed by atoms with Gasteiger partial charge in [0.05, 0.1) is 18.2 Å². The van der Waals surface area contributed by atoms with Crippen molar-refractivity contribution in [2.75, 3.05) is 13.1 Å². The minimum absolute atomic E-state index is 0.171. The summed E-state index contributed by atoms with van der Waals surface area (Å²) in [6, 6.07) is 0.262. The molecule has 3 heteroatoms. The molecule has 2 aliphatic rings. The van der Waals surface area contributed by atoms with Gasteiger partial charge in [-0.1, -0.05) is 0 Å². The second-order valence-electron chi connectivity index (χ2n) is 2.51. The summed E-state index contributed by atoms with van der Waals surface area (Å²) < 4.78 is 0. The van der Waals surface area contributed by atoms with Gasteiger partial charge < -0.3 is 5.32 Å². The molecule has 1 N–H and O–H groups in total. The highest BCUT2D eigenvalue weighted by molar-refractivity contribution is 6.30. The number of carbonyl (C=O) groups excluding carboxylic acids is 1. The van der Waals surface area contributed by atoms with Gasteiger partial charge in [0.1, 0.15) is 0 Å². The van der Waals surface area contributed by atoms with Gasteiger partial charge in [-0.25, -0.2) is 0 Å². The highest BCUT2D eigenvalue weighted by Crippen LogP contribution is 2.17. The van der Waals surface area contributed by atoms with Crippen LogP contribution in [0.3, 0.4) is 0 Å². The van der Waals surface area contributed by atoms with Gasteiger partial charge in [-0.2, -0.15) is 0 Å². The molecule has 1 saturated heterocycles. The van der Waals surface area contributed by atoms with E-state index in [0.29, 0.717) is 0 Å². The van der Waals surface area contributed by atoms with E-state index in [4.69, 9.17) is 0 Å². The summed E-state index contributed by atoms with van der Waals surface area (Å²) in [6.07, 6.45) is 1.47. The Hall–Kier alpha value is -0.700. The van der Waals surface area contributed by atoms with Gasteiger partial charge in [-0.05, 0) is 0 Å². The summed E-state index contributed by atoms with van der Waals surface area (Å²) in [5.41, 5.74) is 0. The van der Waals surface area contributed by atoms with E-state index in [-0.39, 0.29) is 17.7 Å². The average molecular weight is 124 g/mol. The predicted octanol–water partition coefficient (Wildman–Crippen LogP) is -0.772. The number of ketones is 1. The Morgan fingerprint density at radius 3 is 3.33 bits per heavy atom. The second kappa shape index (κ2) is 1.64. The molecule has 0 aliphatic carbocycles. The quantitative estimate of drug-likeness (QED) is 0.460. The van der Waals surface area contributed by atoms with E-state index < -0.39 is 0 Å².